The highest BCUT2D eigenvalue weighted by molar-refractivity contribution is 5.99. The number of hydrogen-bond donors (Lipinski definition) is 1. The zero-order valence-electron chi connectivity index (χ0n) is 17.4. The summed E-state index contributed by atoms with van der Waals surface area (Å²) < 4.78 is 13.9. The Morgan fingerprint density at radius 3 is 2.50 bits per heavy atom. The monoisotopic (exact) mass is 384 g/mol. The molecule has 1 saturated carbocycles. The number of aryl methyl sites for hydroxylation is 1. The Hall–Kier alpha value is -2.23. The second kappa shape index (κ2) is 11.6. The number of benzene rings is 1. The fourth-order valence-electron chi connectivity index (χ4n) is 3.71. The van der Waals surface area contributed by atoms with Crippen LogP contribution in [0, 0.1) is 11.7 Å². The van der Waals surface area contributed by atoms with Crippen molar-refractivity contribution in [3.05, 3.63) is 53.6 Å². The molecule has 1 aliphatic carbocycles. The fourth-order valence-corrected chi connectivity index (χ4v) is 3.71. The Morgan fingerprint density at radius 1 is 1.14 bits per heavy atom. The van der Waals surface area contributed by atoms with Crippen molar-refractivity contribution in [1.29, 1.82) is 0 Å². The minimum atomic E-state index is -0.335. The summed E-state index contributed by atoms with van der Waals surface area (Å²) in [6.45, 7) is 5.74. The summed E-state index contributed by atoms with van der Waals surface area (Å²) in [6, 6.07) is 6.63. The Bertz CT molecular complexity index is 751. The minimum absolute atomic E-state index is 0.0875. The number of ketones is 1. The Balaban J connectivity index is 0.000000261. The number of halogens is 1. The number of anilines is 2. The van der Waals surface area contributed by atoms with Crippen LogP contribution in [0.1, 0.15) is 81.6 Å². The topological polar surface area (TPSA) is 42.0 Å². The molecule has 0 unspecified atom stereocenters. The molecule has 1 aliphatic rings. The van der Waals surface area contributed by atoms with Crippen LogP contribution in [-0.2, 0) is 6.42 Å². The molecule has 0 amide bonds. The molecule has 0 bridgehead atoms. The van der Waals surface area contributed by atoms with Gasteiger partial charge in [0.05, 0.1) is 17.6 Å². The van der Waals surface area contributed by atoms with E-state index in [1.165, 1.54) is 64.1 Å². The molecule has 1 heterocycles. The van der Waals surface area contributed by atoms with E-state index in [1.54, 1.807) is 18.3 Å². The van der Waals surface area contributed by atoms with Gasteiger partial charge in [-0.05, 0) is 43.0 Å². The van der Waals surface area contributed by atoms with Gasteiger partial charge in [0.2, 0.25) is 0 Å². The first-order valence-corrected chi connectivity index (χ1v) is 10.6. The fraction of sp³-hybridized carbons (Fsp3) is 0.500. The van der Waals surface area contributed by atoms with Crippen molar-refractivity contribution in [3.63, 3.8) is 0 Å². The van der Waals surface area contributed by atoms with E-state index < -0.39 is 0 Å². The Morgan fingerprint density at radius 2 is 1.89 bits per heavy atom. The zero-order valence-corrected chi connectivity index (χ0v) is 17.4. The van der Waals surface area contributed by atoms with Crippen molar-refractivity contribution < 1.29 is 9.18 Å². The van der Waals surface area contributed by atoms with Gasteiger partial charge in [-0.3, -0.25) is 9.78 Å². The minimum Gasteiger partial charge on any atom is -0.351 e. The summed E-state index contributed by atoms with van der Waals surface area (Å²) in [5, 5.41) is 2.92. The van der Waals surface area contributed by atoms with E-state index in [4.69, 9.17) is 0 Å². The molecule has 2 aromatic rings. The van der Waals surface area contributed by atoms with E-state index in [0.29, 0.717) is 16.9 Å². The molecule has 0 atom stereocenters. The molecule has 28 heavy (non-hydrogen) atoms. The predicted molar refractivity (Wildman–Crippen MR) is 115 cm³/mol. The highest BCUT2D eigenvalue weighted by Gasteiger charge is 2.11. The summed E-state index contributed by atoms with van der Waals surface area (Å²) in [5.41, 5.74) is 2.28. The standard InChI is InChI=1S/C15H15FN2O.C9H18/c1-3-11-4-5-14(13(16)8-11)18-15-9-17-7-6-12(15)10(2)19;1-2-6-9-7-4-3-5-8-9/h4-9,18H,3H2,1-2H3;9H,2-8H2,1H3. The lowest BCUT2D eigenvalue weighted by atomic mass is 9.86. The molecule has 0 radical (unpaired) electrons. The van der Waals surface area contributed by atoms with Crippen LogP contribution in [0.15, 0.2) is 36.7 Å². The number of Topliss-reactive ketones (excluding diaryl/α,β-unsaturated/α-hetero) is 1. The van der Waals surface area contributed by atoms with E-state index in [2.05, 4.69) is 17.2 Å². The van der Waals surface area contributed by atoms with E-state index in [0.717, 1.165) is 17.9 Å². The van der Waals surface area contributed by atoms with Gasteiger partial charge in [-0.1, -0.05) is 64.9 Å². The van der Waals surface area contributed by atoms with Gasteiger partial charge in [-0.25, -0.2) is 4.39 Å². The van der Waals surface area contributed by atoms with Gasteiger partial charge in [0.1, 0.15) is 5.82 Å². The lowest BCUT2D eigenvalue weighted by molar-refractivity contribution is 0.101. The Labute approximate surface area is 168 Å². The van der Waals surface area contributed by atoms with Gasteiger partial charge in [0.25, 0.3) is 0 Å². The van der Waals surface area contributed by atoms with Crippen molar-refractivity contribution in [3.8, 4) is 0 Å². The number of rotatable bonds is 6. The predicted octanol–water partition coefficient (Wildman–Crippen LogP) is 7.10. The van der Waals surface area contributed by atoms with E-state index in [1.807, 2.05) is 13.0 Å². The van der Waals surface area contributed by atoms with Gasteiger partial charge in [0.15, 0.2) is 5.78 Å². The number of hydrogen-bond acceptors (Lipinski definition) is 3. The molecule has 0 spiro atoms. The van der Waals surface area contributed by atoms with Crippen LogP contribution in [0.3, 0.4) is 0 Å². The number of aromatic nitrogens is 1. The van der Waals surface area contributed by atoms with Crippen LogP contribution in [0.5, 0.6) is 0 Å². The number of nitrogens with one attached hydrogen (secondary N) is 1. The molecule has 1 aromatic carbocycles. The maximum atomic E-state index is 13.9. The van der Waals surface area contributed by atoms with E-state index in [-0.39, 0.29) is 11.6 Å². The average Bonchev–Trinajstić information content (AvgIpc) is 2.71. The summed E-state index contributed by atoms with van der Waals surface area (Å²) >= 11 is 0. The molecule has 1 fully saturated rings. The van der Waals surface area contributed by atoms with Crippen LogP contribution < -0.4 is 5.32 Å². The number of carbonyl (C=O) groups is 1. The van der Waals surface area contributed by atoms with Crippen LogP contribution >= 0.6 is 0 Å². The number of nitrogens with zero attached hydrogens (tertiary/aromatic N) is 1. The molecular formula is C24H33FN2O. The van der Waals surface area contributed by atoms with Crippen LogP contribution in [0.25, 0.3) is 0 Å². The summed E-state index contributed by atoms with van der Waals surface area (Å²) in [4.78, 5) is 15.4. The lowest BCUT2D eigenvalue weighted by Crippen LogP contribution is -2.04. The number of pyridine rings is 1. The van der Waals surface area contributed by atoms with Crippen LogP contribution in [0.2, 0.25) is 0 Å². The molecule has 0 aliphatic heterocycles. The molecule has 152 valence electrons. The van der Waals surface area contributed by atoms with Crippen molar-refractivity contribution in [2.75, 3.05) is 5.32 Å². The summed E-state index contributed by atoms with van der Waals surface area (Å²) in [7, 11) is 0. The molecule has 3 rings (SSSR count). The normalized spacial score (nSPS) is 14.1. The second-order valence-electron chi connectivity index (χ2n) is 7.56. The summed E-state index contributed by atoms with van der Waals surface area (Å²) in [6.07, 6.45) is 14.3. The van der Waals surface area contributed by atoms with Gasteiger partial charge in [-0.2, -0.15) is 0 Å². The first-order valence-electron chi connectivity index (χ1n) is 10.6. The quantitative estimate of drug-likeness (QED) is 0.540. The molecule has 4 heteroatoms. The van der Waals surface area contributed by atoms with E-state index >= 15 is 0 Å². The molecule has 3 nitrogen and oxygen atoms in total. The average molecular weight is 385 g/mol. The highest BCUT2D eigenvalue weighted by Crippen LogP contribution is 2.27. The van der Waals surface area contributed by atoms with Crippen molar-refractivity contribution in [1.82, 2.24) is 4.98 Å². The van der Waals surface area contributed by atoms with E-state index in [9.17, 15) is 9.18 Å². The third-order valence-electron chi connectivity index (χ3n) is 5.33. The third kappa shape index (κ3) is 6.74. The van der Waals surface area contributed by atoms with Gasteiger partial charge < -0.3 is 5.32 Å². The van der Waals surface area contributed by atoms with Crippen molar-refractivity contribution >= 4 is 17.2 Å². The maximum Gasteiger partial charge on any atom is 0.162 e. The molecule has 1 N–H and O–H groups in total. The van der Waals surface area contributed by atoms with Gasteiger partial charge in [0, 0.05) is 11.8 Å². The van der Waals surface area contributed by atoms with Crippen molar-refractivity contribution in [2.45, 2.75) is 72.1 Å². The second-order valence-corrected chi connectivity index (χ2v) is 7.56. The third-order valence-corrected chi connectivity index (χ3v) is 5.33. The van der Waals surface area contributed by atoms with Crippen LogP contribution in [-0.4, -0.2) is 10.8 Å². The first-order chi connectivity index (χ1) is 13.5. The van der Waals surface area contributed by atoms with Crippen LogP contribution in [0.4, 0.5) is 15.8 Å². The largest absolute Gasteiger partial charge is 0.351 e. The first kappa shape index (κ1) is 22.1. The molecule has 0 saturated heterocycles. The smallest absolute Gasteiger partial charge is 0.162 e. The van der Waals surface area contributed by atoms with Gasteiger partial charge >= 0.3 is 0 Å². The zero-order chi connectivity index (χ0) is 20.4. The highest BCUT2D eigenvalue weighted by atomic mass is 19.1. The Kier molecular flexibility index (Phi) is 9.12. The van der Waals surface area contributed by atoms with Crippen molar-refractivity contribution in [2.24, 2.45) is 5.92 Å². The molecular weight excluding hydrogens is 351 g/mol. The SMILES string of the molecule is CCCC1CCCCC1.CCc1ccc(Nc2cnccc2C(C)=O)c(F)c1. The lowest BCUT2D eigenvalue weighted by Gasteiger charge is -2.20. The summed E-state index contributed by atoms with van der Waals surface area (Å²) in [5.74, 6) is 0.678. The molecule has 1 aromatic heterocycles. The van der Waals surface area contributed by atoms with Gasteiger partial charge in [-0.15, -0.1) is 0 Å². The number of carbonyl (C=O) groups excluding carboxylic acids is 1. The maximum absolute atomic E-state index is 13.9.